The summed E-state index contributed by atoms with van der Waals surface area (Å²) < 4.78 is 0. The molecule has 4 nitrogen and oxygen atoms in total. The lowest BCUT2D eigenvalue weighted by atomic mass is 10.0. The normalized spacial score (nSPS) is 17.8. The summed E-state index contributed by atoms with van der Waals surface area (Å²) in [4.78, 5) is 20.6. The van der Waals surface area contributed by atoms with Crippen LogP contribution >= 0.6 is 11.8 Å². The monoisotopic (exact) mass is 369 g/mol. The maximum atomic E-state index is 12.6. The largest absolute Gasteiger partial charge is 0.352 e. The van der Waals surface area contributed by atoms with E-state index in [4.69, 9.17) is 0 Å². The Bertz CT molecular complexity index is 707. The molecule has 1 unspecified atom stereocenters. The summed E-state index contributed by atoms with van der Waals surface area (Å²) in [6.07, 6.45) is 6.66. The summed E-state index contributed by atoms with van der Waals surface area (Å²) in [5.74, 6) is -0.0387. The molecule has 0 saturated carbocycles. The van der Waals surface area contributed by atoms with Gasteiger partial charge < -0.3 is 10.2 Å². The number of rotatable bonds is 7. The first kappa shape index (κ1) is 18.9. The third kappa shape index (κ3) is 5.32. The van der Waals surface area contributed by atoms with E-state index in [-0.39, 0.29) is 5.91 Å². The Balaban J connectivity index is 1.51. The van der Waals surface area contributed by atoms with Crippen molar-refractivity contribution in [3.05, 3.63) is 54.2 Å². The number of hydrogen-bond acceptors (Lipinski definition) is 4. The molecule has 0 bridgehead atoms. The van der Waals surface area contributed by atoms with Gasteiger partial charge in [0.1, 0.15) is 5.03 Å². The van der Waals surface area contributed by atoms with Crippen molar-refractivity contribution in [1.82, 2.24) is 15.2 Å². The standard InChI is InChI=1S/C21H27N3OS/c1-17-9-5-6-15-24(17)16-8-14-22-20(25)19-12-7-13-23-21(19)26-18-10-3-2-4-11-18/h2-4,7,10-13,17H,5-6,8-9,14-16H2,1H3,(H,22,25). The Morgan fingerprint density at radius 1 is 1.23 bits per heavy atom. The van der Waals surface area contributed by atoms with Gasteiger partial charge in [-0.25, -0.2) is 4.98 Å². The number of carbonyl (C=O) groups is 1. The van der Waals surface area contributed by atoms with E-state index in [1.807, 2.05) is 42.5 Å². The number of nitrogens with one attached hydrogen (secondary N) is 1. The van der Waals surface area contributed by atoms with E-state index in [0.29, 0.717) is 18.2 Å². The molecular formula is C21H27N3OS. The second kappa shape index (κ2) is 9.74. The van der Waals surface area contributed by atoms with Crippen LogP contribution in [-0.4, -0.2) is 41.5 Å². The van der Waals surface area contributed by atoms with Crippen LogP contribution in [0.4, 0.5) is 0 Å². The van der Waals surface area contributed by atoms with Crippen molar-refractivity contribution in [3.8, 4) is 0 Å². The van der Waals surface area contributed by atoms with Crippen molar-refractivity contribution in [1.29, 1.82) is 0 Å². The fraction of sp³-hybridized carbons (Fsp3) is 0.429. The number of amides is 1. The number of likely N-dealkylation sites (tertiary alicyclic amines) is 1. The molecule has 1 amide bonds. The number of piperidine rings is 1. The van der Waals surface area contributed by atoms with Gasteiger partial charge in [0, 0.05) is 30.2 Å². The molecule has 1 aliphatic rings. The van der Waals surface area contributed by atoms with E-state index in [1.165, 1.54) is 37.6 Å². The van der Waals surface area contributed by atoms with E-state index in [1.54, 1.807) is 6.20 Å². The minimum atomic E-state index is -0.0387. The first-order valence-electron chi connectivity index (χ1n) is 9.44. The van der Waals surface area contributed by atoms with Crippen LogP contribution in [0, 0.1) is 0 Å². The van der Waals surface area contributed by atoms with Gasteiger partial charge in [0.2, 0.25) is 0 Å². The molecule has 138 valence electrons. The van der Waals surface area contributed by atoms with Crippen LogP contribution in [0.25, 0.3) is 0 Å². The van der Waals surface area contributed by atoms with Crippen LogP contribution in [0.15, 0.2) is 58.6 Å². The van der Waals surface area contributed by atoms with Crippen molar-refractivity contribution >= 4 is 17.7 Å². The Morgan fingerprint density at radius 3 is 2.88 bits per heavy atom. The fourth-order valence-corrected chi connectivity index (χ4v) is 4.21. The van der Waals surface area contributed by atoms with E-state index in [9.17, 15) is 4.79 Å². The first-order chi connectivity index (χ1) is 12.7. The Labute approximate surface area is 160 Å². The fourth-order valence-electron chi connectivity index (χ4n) is 3.31. The Morgan fingerprint density at radius 2 is 2.08 bits per heavy atom. The number of aromatic nitrogens is 1. The SMILES string of the molecule is CC1CCCCN1CCCNC(=O)c1cccnc1Sc1ccccc1. The third-order valence-corrected chi connectivity index (χ3v) is 5.85. The second-order valence-electron chi connectivity index (χ2n) is 6.76. The molecule has 5 heteroatoms. The van der Waals surface area contributed by atoms with E-state index < -0.39 is 0 Å². The van der Waals surface area contributed by atoms with Crippen LogP contribution in [0.5, 0.6) is 0 Å². The maximum Gasteiger partial charge on any atom is 0.254 e. The smallest absolute Gasteiger partial charge is 0.254 e. The quantitative estimate of drug-likeness (QED) is 0.742. The molecule has 0 aliphatic carbocycles. The molecule has 26 heavy (non-hydrogen) atoms. The molecule has 1 N–H and O–H groups in total. The number of benzene rings is 1. The molecule has 2 aromatic rings. The van der Waals surface area contributed by atoms with Gasteiger partial charge in [-0.05, 0) is 57.0 Å². The van der Waals surface area contributed by atoms with Gasteiger partial charge in [-0.15, -0.1) is 0 Å². The molecule has 2 heterocycles. The molecule has 1 atom stereocenters. The van der Waals surface area contributed by atoms with Gasteiger partial charge in [0.25, 0.3) is 5.91 Å². The van der Waals surface area contributed by atoms with Gasteiger partial charge in [0.15, 0.2) is 0 Å². The predicted octanol–water partition coefficient (Wildman–Crippen LogP) is 4.23. The number of pyridine rings is 1. The molecule has 3 rings (SSSR count). The zero-order chi connectivity index (χ0) is 18.2. The van der Waals surface area contributed by atoms with E-state index >= 15 is 0 Å². The summed E-state index contributed by atoms with van der Waals surface area (Å²) in [7, 11) is 0. The predicted molar refractivity (Wildman–Crippen MR) is 107 cm³/mol. The van der Waals surface area contributed by atoms with E-state index in [0.717, 1.165) is 22.9 Å². The molecule has 1 aromatic carbocycles. The van der Waals surface area contributed by atoms with Crippen molar-refractivity contribution in [2.75, 3.05) is 19.6 Å². The third-order valence-electron chi connectivity index (χ3n) is 4.82. The Hall–Kier alpha value is -1.85. The highest BCUT2D eigenvalue weighted by atomic mass is 32.2. The van der Waals surface area contributed by atoms with Crippen molar-refractivity contribution in [2.45, 2.75) is 48.6 Å². The average Bonchev–Trinajstić information content (AvgIpc) is 2.67. The summed E-state index contributed by atoms with van der Waals surface area (Å²) in [6.45, 7) is 5.25. The summed E-state index contributed by atoms with van der Waals surface area (Å²) in [6, 6.07) is 14.4. The van der Waals surface area contributed by atoms with Gasteiger partial charge in [-0.1, -0.05) is 36.4 Å². The zero-order valence-corrected chi connectivity index (χ0v) is 16.2. The molecule has 0 spiro atoms. The van der Waals surface area contributed by atoms with E-state index in [2.05, 4.69) is 22.1 Å². The average molecular weight is 370 g/mol. The lowest BCUT2D eigenvalue weighted by Crippen LogP contribution is -2.39. The molecule has 1 aromatic heterocycles. The molecule has 1 aliphatic heterocycles. The molecule has 0 radical (unpaired) electrons. The molecular weight excluding hydrogens is 342 g/mol. The highest BCUT2D eigenvalue weighted by Gasteiger charge is 2.17. The zero-order valence-electron chi connectivity index (χ0n) is 15.4. The highest BCUT2D eigenvalue weighted by Crippen LogP contribution is 2.28. The van der Waals surface area contributed by atoms with Gasteiger partial charge >= 0.3 is 0 Å². The molecule has 1 saturated heterocycles. The van der Waals surface area contributed by atoms with Crippen LogP contribution < -0.4 is 5.32 Å². The van der Waals surface area contributed by atoms with Gasteiger partial charge in [0.05, 0.1) is 5.56 Å². The highest BCUT2D eigenvalue weighted by molar-refractivity contribution is 7.99. The minimum Gasteiger partial charge on any atom is -0.352 e. The van der Waals surface area contributed by atoms with Crippen LogP contribution in [0.1, 0.15) is 43.0 Å². The molecule has 1 fully saturated rings. The topological polar surface area (TPSA) is 45.2 Å². The van der Waals surface area contributed by atoms with Crippen LogP contribution in [0.3, 0.4) is 0 Å². The number of hydrogen-bond donors (Lipinski definition) is 1. The number of carbonyl (C=O) groups excluding carboxylic acids is 1. The lowest BCUT2D eigenvalue weighted by Gasteiger charge is -2.33. The summed E-state index contributed by atoms with van der Waals surface area (Å²) in [5.41, 5.74) is 0.646. The lowest BCUT2D eigenvalue weighted by molar-refractivity contribution is 0.0945. The minimum absolute atomic E-state index is 0.0387. The van der Waals surface area contributed by atoms with Crippen molar-refractivity contribution < 1.29 is 4.79 Å². The summed E-state index contributed by atoms with van der Waals surface area (Å²) >= 11 is 1.52. The van der Waals surface area contributed by atoms with Crippen LogP contribution in [0.2, 0.25) is 0 Å². The second-order valence-corrected chi connectivity index (χ2v) is 7.82. The Kier molecular flexibility index (Phi) is 7.09. The summed E-state index contributed by atoms with van der Waals surface area (Å²) in [5, 5.41) is 3.81. The first-order valence-corrected chi connectivity index (χ1v) is 10.3. The van der Waals surface area contributed by atoms with Crippen molar-refractivity contribution in [2.24, 2.45) is 0 Å². The van der Waals surface area contributed by atoms with Crippen molar-refractivity contribution in [3.63, 3.8) is 0 Å². The number of nitrogens with zero attached hydrogens (tertiary/aromatic N) is 2. The van der Waals surface area contributed by atoms with Crippen LogP contribution in [-0.2, 0) is 0 Å². The van der Waals surface area contributed by atoms with Gasteiger partial charge in [-0.2, -0.15) is 0 Å². The van der Waals surface area contributed by atoms with Gasteiger partial charge in [-0.3, -0.25) is 4.79 Å². The maximum absolute atomic E-state index is 12.6.